The van der Waals surface area contributed by atoms with Gasteiger partial charge in [-0.1, -0.05) is 24.3 Å². The van der Waals surface area contributed by atoms with Crippen molar-refractivity contribution >= 4 is 5.91 Å². The maximum Gasteiger partial charge on any atom is 0.227 e. The van der Waals surface area contributed by atoms with E-state index >= 15 is 0 Å². The summed E-state index contributed by atoms with van der Waals surface area (Å²) < 4.78 is 30.4. The van der Waals surface area contributed by atoms with Crippen LogP contribution in [-0.2, 0) is 20.7 Å². The number of amides is 1. The summed E-state index contributed by atoms with van der Waals surface area (Å²) in [5, 5.41) is 3.23. The Kier molecular flexibility index (Phi) is 6.88. The number of halogens is 1. The molecule has 1 amide bonds. The highest BCUT2D eigenvalue weighted by Crippen LogP contribution is 2.37. The Bertz CT molecular complexity index is 904. The van der Waals surface area contributed by atoms with Gasteiger partial charge in [0, 0.05) is 25.4 Å². The van der Waals surface area contributed by atoms with Crippen LogP contribution in [0, 0.1) is 11.2 Å². The lowest BCUT2D eigenvalue weighted by Crippen LogP contribution is -2.51. The van der Waals surface area contributed by atoms with Crippen LogP contribution in [0.1, 0.15) is 31.2 Å². The van der Waals surface area contributed by atoms with Gasteiger partial charge in [0.15, 0.2) is 0 Å². The maximum absolute atomic E-state index is 13.9. The summed E-state index contributed by atoms with van der Waals surface area (Å²) in [6.45, 7) is 2.49. The van der Waals surface area contributed by atoms with E-state index < -0.39 is 5.41 Å². The van der Waals surface area contributed by atoms with Gasteiger partial charge >= 0.3 is 0 Å². The molecule has 166 valence electrons. The largest absolute Gasteiger partial charge is 0.496 e. The van der Waals surface area contributed by atoms with Gasteiger partial charge in [-0.25, -0.2) is 4.39 Å². The minimum atomic E-state index is -0.514. The third-order valence-corrected chi connectivity index (χ3v) is 6.37. The molecule has 1 unspecified atom stereocenters. The van der Waals surface area contributed by atoms with Gasteiger partial charge in [-0.15, -0.1) is 0 Å². The Morgan fingerprint density at radius 3 is 2.74 bits per heavy atom. The van der Waals surface area contributed by atoms with Gasteiger partial charge in [0.1, 0.15) is 11.6 Å². The number of benzene rings is 2. The minimum Gasteiger partial charge on any atom is -0.496 e. The van der Waals surface area contributed by atoms with Crippen molar-refractivity contribution in [2.45, 2.75) is 38.1 Å². The molecule has 1 atom stereocenters. The molecule has 31 heavy (non-hydrogen) atoms. The minimum absolute atomic E-state index is 0.0730. The summed E-state index contributed by atoms with van der Waals surface area (Å²) in [5.74, 6) is 0.394. The Morgan fingerprint density at radius 1 is 1.16 bits per heavy atom. The van der Waals surface area contributed by atoms with Crippen LogP contribution in [0.15, 0.2) is 42.5 Å². The molecule has 0 bridgehead atoms. The van der Waals surface area contributed by atoms with Crippen LogP contribution in [0.4, 0.5) is 4.39 Å². The standard InChI is InChI=1S/C25H30FNO4/c1-29-23-8-7-20(26)15-22(23)19-5-2-4-18(14-19)16-25(9-12-30-13-10-25)24(28)27-21-6-3-11-31-17-21/h2,4-5,7-8,14-15,21H,3,6,9-13,16-17H2,1H3,(H,27,28). The Labute approximate surface area is 182 Å². The monoisotopic (exact) mass is 427 g/mol. The fraction of sp³-hybridized carbons (Fsp3) is 0.480. The normalized spacial score (nSPS) is 20.8. The van der Waals surface area contributed by atoms with E-state index in [1.807, 2.05) is 24.3 Å². The van der Waals surface area contributed by atoms with Crippen molar-refractivity contribution in [1.82, 2.24) is 5.32 Å². The molecule has 2 aromatic carbocycles. The molecule has 2 fully saturated rings. The first-order valence-corrected chi connectivity index (χ1v) is 11.0. The van der Waals surface area contributed by atoms with E-state index in [9.17, 15) is 9.18 Å². The van der Waals surface area contributed by atoms with Crippen molar-refractivity contribution in [3.8, 4) is 16.9 Å². The van der Waals surface area contributed by atoms with Gasteiger partial charge in [0.05, 0.1) is 25.2 Å². The molecule has 2 aromatic rings. The molecule has 0 spiro atoms. The fourth-order valence-electron chi connectivity index (χ4n) is 4.58. The predicted molar refractivity (Wildman–Crippen MR) is 117 cm³/mol. The Morgan fingerprint density at radius 2 is 2.00 bits per heavy atom. The van der Waals surface area contributed by atoms with Gasteiger partial charge in [-0.05, 0) is 61.4 Å². The zero-order valence-electron chi connectivity index (χ0n) is 18.0. The Hall–Kier alpha value is -2.44. The van der Waals surface area contributed by atoms with Gasteiger partial charge in [0.2, 0.25) is 5.91 Å². The zero-order chi connectivity index (χ0) is 21.7. The van der Waals surface area contributed by atoms with Crippen LogP contribution in [0.5, 0.6) is 5.75 Å². The molecule has 0 radical (unpaired) electrons. The maximum atomic E-state index is 13.9. The molecule has 1 N–H and O–H groups in total. The third-order valence-electron chi connectivity index (χ3n) is 6.37. The van der Waals surface area contributed by atoms with E-state index in [0.29, 0.717) is 50.4 Å². The number of rotatable bonds is 6. The molecule has 2 saturated heterocycles. The molecule has 2 aliphatic rings. The number of hydrogen-bond acceptors (Lipinski definition) is 4. The van der Waals surface area contributed by atoms with Gasteiger partial charge in [-0.2, -0.15) is 0 Å². The summed E-state index contributed by atoms with van der Waals surface area (Å²) in [4.78, 5) is 13.4. The van der Waals surface area contributed by atoms with Crippen molar-refractivity contribution in [2.75, 3.05) is 33.5 Å². The molecule has 2 heterocycles. The lowest BCUT2D eigenvalue weighted by Gasteiger charge is -2.37. The van der Waals surface area contributed by atoms with E-state index in [4.69, 9.17) is 14.2 Å². The second kappa shape index (κ2) is 9.79. The lowest BCUT2D eigenvalue weighted by atomic mass is 9.74. The van der Waals surface area contributed by atoms with Gasteiger partial charge < -0.3 is 19.5 Å². The van der Waals surface area contributed by atoms with E-state index in [0.717, 1.165) is 30.6 Å². The van der Waals surface area contributed by atoms with Gasteiger partial charge in [-0.3, -0.25) is 4.79 Å². The highest BCUT2D eigenvalue weighted by molar-refractivity contribution is 5.83. The summed E-state index contributed by atoms with van der Waals surface area (Å²) >= 11 is 0. The van der Waals surface area contributed by atoms with E-state index in [-0.39, 0.29) is 17.8 Å². The lowest BCUT2D eigenvalue weighted by molar-refractivity contribution is -0.138. The van der Waals surface area contributed by atoms with E-state index in [1.165, 1.54) is 12.1 Å². The van der Waals surface area contributed by atoms with Crippen LogP contribution in [-0.4, -0.2) is 45.5 Å². The molecular weight excluding hydrogens is 397 g/mol. The van der Waals surface area contributed by atoms with Crippen molar-refractivity contribution in [3.05, 3.63) is 53.8 Å². The van der Waals surface area contributed by atoms with E-state index in [2.05, 4.69) is 5.32 Å². The third kappa shape index (κ3) is 5.08. The van der Waals surface area contributed by atoms with E-state index in [1.54, 1.807) is 13.2 Å². The molecule has 6 heteroatoms. The summed E-state index contributed by atoms with van der Waals surface area (Å²) in [6.07, 6.45) is 3.90. The number of methoxy groups -OCH3 is 1. The first-order valence-electron chi connectivity index (χ1n) is 11.0. The number of ether oxygens (including phenoxy) is 3. The second-order valence-electron chi connectivity index (χ2n) is 8.50. The molecule has 0 saturated carbocycles. The molecule has 5 nitrogen and oxygen atoms in total. The summed E-state index contributed by atoms with van der Waals surface area (Å²) in [5.41, 5.74) is 2.10. The van der Waals surface area contributed by atoms with Crippen LogP contribution < -0.4 is 10.1 Å². The molecule has 0 aliphatic carbocycles. The predicted octanol–water partition coefficient (Wildman–Crippen LogP) is 4.14. The summed E-state index contributed by atoms with van der Waals surface area (Å²) in [6, 6.07) is 12.5. The van der Waals surface area contributed by atoms with Crippen molar-refractivity contribution in [1.29, 1.82) is 0 Å². The SMILES string of the molecule is COc1ccc(F)cc1-c1cccc(CC2(C(=O)NC3CCCOC3)CCOCC2)c1. The number of carbonyl (C=O) groups excluding carboxylic acids is 1. The second-order valence-corrected chi connectivity index (χ2v) is 8.50. The zero-order valence-corrected chi connectivity index (χ0v) is 18.0. The fourth-order valence-corrected chi connectivity index (χ4v) is 4.58. The smallest absolute Gasteiger partial charge is 0.227 e. The average molecular weight is 428 g/mol. The van der Waals surface area contributed by atoms with Crippen LogP contribution in [0.3, 0.4) is 0 Å². The molecular formula is C25H30FNO4. The molecule has 0 aromatic heterocycles. The van der Waals surface area contributed by atoms with Crippen molar-refractivity contribution in [2.24, 2.45) is 5.41 Å². The highest BCUT2D eigenvalue weighted by Gasteiger charge is 2.41. The topological polar surface area (TPSA) is 56.8 Å². The van der Waals surface area contributed by atoms with Crippen molar-refractivity contribution in [3.63, 3.8) is 0 Å². The quantitative estimate of drug-likeness (QED) is 0.753. The van der Waals surface area contributed by atoms with Crippen LogP contribution in [0.25, 0.3) is 11.1 Å². The first kappa shape index (κ1) is 21.8. The number of hydrogen-bond donors (Lipinski definition) is 1. The number of nitrogens with one attached hydrogen (secondary N) is 1. The Balaban J connectivity index is 1.58. The van der Waals surface area contributed by atoms with Crippen LogP contribution >= 0.6 is 0 Å². The first-order chi connectivity index (χ1) is 15.1. The molecule has 2 aliphatic heterocycles. The summed E-state index contributed by atoms with van der Waals surface area (Å²) in [7, 11) is 1.58. The highest BCUT2D eigenvalue weighted by atomic mass is 19.1. The van der Waals surface area contributed by atoms with Crippen molar-refractivity contribution < 1.29 is 23.4 Å². The molecule has 4 rings (SSSR count). The van der Waals surface area contributed by atoms with Crippen LogP contribution in [0.2, 0.25) is 0 Å². The number of carbonyl (C=O) groups is 1. The average Bonchev–Trinajstić information content (AvgIpc) is 2.80. The van der Waals surface area contributed by atoms with Gasteiger partial charge in [0.25, 0.3) is 0 Å².